The van der Waals surface area contributed by atoms with Gasteiger partial charge in [0, 0.05) is 12.6 Å². The highest BCUT2D eigenvalue weighted by molar-refractivity contribution is 7.87. The van der Waals surface area contributed by atoms with Gasteiger partial charge in [-0.2, -0.15) is 17.9 Å². The zero-order valence-corrected chi connectivity index (χ0v) is 11.5. The SMILES string of the molecule is COc1ccc(CNS(=O)(=O)NC(C)C)cc1N. The summed E-state index contributed by atoms with van der Waals surface area (Å²) in [6.07, 6.45) is 0. The molecule has 18 heavy (non-hydrogen) atoms. The number of anilines is 1. The van der Waals surface area contributed by atoms with Crippen LogP contribution >= 0.6 is 0 Å². The molecule has 1 rings (SSSR count). The highest BCUT2D eigenvalue weighted by Gasteiger charge is 2.11. The molecule has 0 aromatic heterocycles. The minimum absolute atomic E-state index is 0.150. The zero-order valence-electron chi connectivity index (χ0n) is 10.7. The van der Waals surface area contributed by atoms with Crippen molar-refractivity contribution in [2.75, 3.05) is 12.8 Å². The van der Waals surface area contributed by atoms with Crippen LogP contribution in [-0.2, 0) is 16.8 Å². The van der Waals surface area contributed by atoms with Crippen LogP contribution in [0, 0.1) is 0 Å². The van der Waals surface area contributed by atoms with Crippen LogP contribution in [0.2, 0.25) is 0 Å². The van der Waals surface area contributed by atoms with Crippen molar-refractivity contribution in [3.63, 3.8) is 0 Å². The Hall–Kier alpha value is -1.31. The van der Waals surface area contributed by atoms with E-state index in [4.69, 9.17) is 10.5 Å². The summed E-state index contributed by atoms with van der Waals surface area (Å²) in [4.78, 5) is 0. The van der Waals surface area contributed by atoms with Crippen molar-refractivity contribution in [1.29, 1.82) is 0 Å². The minimum atomic E-state index is -3.48. The molecule has 0 unspecified atom stereocenters. The number of rotatable bonds is 6. The molecule has 0 saturated heterocycles. The molecule has 6 nitrogen and oxygen atoms in total. The second kappa shape index (κ2) is 6.03. The van der Waals surface area contributed by atoms with Gasteiger partial charge in [0.25, 0.3) is 10.2 Å². The van der Waals surface area contributed by atoms with Crippen LogP contribution in [0.4, 0.5) is 5.69 Å². The third kappa shape index (κ3) is 4.52. The number of ether oxygens (including phenoxy) is 1. The van der Waals surface area contributed by atoms with Gasteiger partial charge in [-0.25, -0.2) is 0 Å². The molecule has 0 amide bonds. The Morgan fingerprint density at radius 2 is 2.06 bits per heavy atom. The number of nitrogens with one attached hydrogen (secondary N) is 2. The molecule has 1 aromatic carbocycles. The highest BCUT2D eigenvalue weighted by Crippen LogP contribution is 2.21. The Morgan fingerprint density at radius 1 is 1.39 bits per heavy atom. The number of benzene rings is 1. The lowest BCUT2D eigenvalue weighted by Crippen LogP contribution is -2.39. The quantitative estimate of drug-likeness (QED) is 0.662. The topological polar surface area (TPSA) is 93.4 Å². The molecule has 0 spiro atoms. The Morgan fingerprint density at radius 3 is 2.56 bits per heavy atom. The van der Waals surface area contributed by atoms with Crippen LogP contribution in [0.5, 0.6) is 5.75 Å². The molecule has 0 saturated carbocycles. The Labute approximate surface area is 108 Å². The van der Waals surface area contributed by atoms with Crippen molar-refractivity contribution < 1.29 is 13.2 Å². The molecule has 102 valence electrons. The van der Waals surface area contributed by atoms with E-state index in [1.54, 1.807) is 32.0 Å². The van der Waals surface area contributed by atoms with Crippen LogP contribution < -0.4 is 19.9 Å². The first-order valence-electron chi connectivity index (χ1n) is 5.53. The molecule has 0 bridgehead atoms. The average molecular weight is 273 g/mol. The van der Waals surface area contributed by atoms with Crippen LogP contribution in [0.1, 0.15) is 19.4 Å². The van der Waals surface area contributed by atoms with Crippen molar-refractivity contribution in [1.82, 2.24) is 9.44 Å². The summed E-state index contributed by atoms with van der Waals surface area (Å²) in [5, 5.41) is 0. The van der Waals surface area contributed by atoms with Crippen LogP contribution in [0.3, 0.4) is 0 Å². The molecular weight excluding hydrogens is 254 g/mol. The zero-order chi connectivity index (χ0) is 13.8. The molecule has 4 N–H and O–H groups in total. The normalized spacial score (nSPS) is 11.8. The van der Waals surface area contributed by atoms with Gasteiger partial charge in [-0.1, -0.05) is 6.07 Å². The summed E-state index contributed by atoms with van der Waals surface area (Å²) in [6.45, 7) is 3.69. The maximum Gasteiger partial charge on any atom is 0.277 e. The summed E-state index contributed by atoms with van der Waals surface area (Å²) in [6, 6.07) is 4.99. The summed E-state index contributed by atoms with van der Waals surface area (Å²) in [5.41, 5.74) is 6.98. The first kappa shape index (κ1) is 14.7. The van der Waals surface area contributed by atoms with E-state index in [9.17, 15) is 8.42 Å². The van der Waals surface area contributed by atoms with Crippen molar-refractivity contribution in [3.8, 4) is 5.75 Å². The Bertz CT molecular complexity index is 500. The summed E-state index contributed by atoms with van der Waals surface area (Å²) >= 11 is 0. The molecule has 0 heterocycles. The molecule has 0 radical (unpaired) electrons. The van der Waals surface area contributed by atoms with Crippen molar-refractivity contribution in [2.45, 2.75) is 26.4 Å². The van der Waals surface area contributed by atoms with Gasteiger partial charge in [0.15, 0.2) is 0 Å². The Kier molecular flexibility index (Phi) is 4.94. The van der Waals surface area contributed by atoms with Gasteiger partial charge in [-0.15, -0.1) is 0 Å². The van der Waals surface area contributed by atoms with Gasteiger partial charge in [0.2, 0.25) is 0 Å². The molecule has 0 fully saturated rings. The van der Waals surface area contributed by atoms with Crippen molar-refractivity contribution >= 4 is 15.9 Å². The summed E-state index contributed by atoms with van der Waals surface area (Å²) in [7, 11) is -1.95. The number of hydrogen-bond acceptors (Lipinski definition) is 4. The number of nitrogen functional groups attached to an aromatic ring is 1. The molecule has 1 aromatic rings. The molecule has 0 aliphatic heterocycles. The van der Waals surface area contributed by atoms with Crippen molar-refractivity contribution in [2.24, 2.45) is 0 Å². The van der Waals surface area contributed by atoms with Gasteiger partial charge in [-0.05, 0) is 31.5 Å². The van der Waals surface area contributed by atoms with Gasteiger partial charge < -0.3 is 10.5 Å². The van der Waals surface area contributed by atoms with Crippen LogP contribution in [-0.4, -0.2) is 21.6 Å². The maximum absolute atomic E-state index is 11.5. The van der Waals surface area contributed by atoms with E-state index in [2.05, 4.69) is 9.44 Å². The van der Waals surface area contributed by atoms with E-state index in [1.807, 2.05) is 0 Å². The first-order valence-corrected chi connectivity index (χ1v) is 7.01. The van der Waals surface area contributed by atoms with E-state index < -0.39 is 10.2 Å². The summed E-state index contributed by atoms with van der Waals surface area (Å²) in [5.74, 6) is 0.571. The van der Waals surface area contributed by atoms with Crippen LogP contribution in [0.15, 0.2) is 18.2 Å². The lowest BCUT2D eigenvalue weighted by atomic mass is 10.2. The fraction of sp³-hybridized carbons (Fsp3) is 0.455. The fourth-order valence-corrected chi connectivity index (χ4v) is 2.48. The third-order valence-electron chi connectivity index (χ3n) is 2.15. The second-order valence-electron chi connectivity index (χ2n) is 4.17. The minimum Gasteiger partial charge on any atom is -0.495 e. The summed E-state index contributed by atoms with van der Waals surface area (Å²) < 4.78 is 33.0. The Balaban J connectivity index is 2.67. The van der Waals surface area contributed by atoms with Crippen molar-refractivity contribution in [3.05, 3.63) is 23.8 Å². The van der Waals surface area contributed by atoms with Gasteiger partial charge in [0.1, 0.15) is 5.75 Å². The predicted molar refractivity (Wildman–Crippen MR) is 71.4 cm³/mol. The van der Waals surface area contributed by atoms with E-state index in [0.717, 1.165) is 5.56 Å². The van der Waals surface area contributed by atoms with Gasteiger partial charge in [-0.3, -0.25) is 0 Å². The first-order chi connectivity index (χ1) is 8.34. The number of hydrogen-bond donors (Lipinski definition) is 3. The number of methoxy groups -OCH3 is 1. The maximum atomic E-state index is 11.5. The fourth-order valence-electron chi connectivity index (χ4n) is 1.42. The third-order valence-corrected chi connectivity index (χ3v) is 3.46. The molecule has 7 heteroatoms. The van der Waals surface area contributed by atoms with E-state index >= 15 is 0 Å². The van der Waals surface area contributed by atoms with Gasteiger partial charge in [0.05, 0.1) is 12.8 Å². The standard InChI is InChI=1S/C11H19N3O3S/c1-8(2)14-18(15,16)13-7-9-4-5-11(17-3)10(12)6-9/h4-6,8,13-14H,7,12H2,1-3H3. The largest absolute Gasteiger partial charge is 0.495 e. The van der Waals surface area contributed by atoms with E-state index in [0.29, 0.717) is 11.4 Å². The monoisotopic (exact) mass is 273 g/mol. The highest BCUT2D eigenvalue weighted by atomic mass is 32.2. The molecule has 0 aliphatic rings. The molecule has 0 atom stereocenters. The average Bonchev–Trinajstić information content (AvgIpc) is 2.25. The molecular formula is C11H19N3O3S. The van der Waals surface area contributed by atoms with Crippen LogP contribution in [0.25, 0.3) is 0 Å². The van der Waals surface area contributed by atoms with Gasteiger partial charge >= 0.3 is 0 Å². The number of nitrogens with two attached hydrogens (primary N) is 1. The van der Waals surface area contributed by atoms with E-state index in [1.165, 1.54) is 7.11 Å². The predicted octanol–water partition coefficient (Wildman–Crippen LogP) is 0.610. The second-order valence-corrected chi connectivity index (χ2v) is 5.70. The molecule has 0 aliphatic carbocycles. The van der Waals surface area contributed by atoms with E-state index in [-0.39, 0.29) is 12.6 Å². The smallest absolute Gasteiger partial charge is 0.277 e. The lowest BCUT2D eigenvalue weighted by molar-refractivity contribution is 0.417. The lowest BCUT2D eigenvalue weighted by Gasteiger charge is -2.11.